The van der Waals surface area contributed by atoms with E-state index in [1.54, 1.807) is 0 Å². The number of carboxylic acids is 1. The first-order chi connectivity index (χ1) is 7.91. The number of aliphatic carboxylic acids is 1. The van der Waals surface area contributed by atoms with E-state index in [9.17, 15) is 9.90 Å². The number of nitrogens with zero attached hydrogens (tertiary/aromatic N) is 1. The van der Waals surface area contributed by atoms with Crippen LogP contribution in [-0.4, -0.2) is 29.1 Å². The number of hydrogen-bond acceptors (Lipinski definition) is 2. The fourth-order valence-corrected chi connectivity index (χ4v) is 2.22. The van der Waals surface area contributed by atoms with Gasteiger partial charge in [0.1, 0.15) is 6.04 Å². The van der Waals surface area contributed by atoms with Gasteiger partial charge in [0.15, 0.2) is 0 Å². The molecule has 0 aliphatic rings. The average molecular weight is 256 g/mol. The predicted molar refractivity (Wildman–Crippen MR) is 69.2 cm³/mol. The molecule has 17 heavy (non-hydrogen) atoms. The molecule has 0 aliphatic heterocycles. The number of carboxylic acid groups (broad SMARTS) is 1. The molecule has 0 bridgehead atoms. The van der Waals surface area contributed by atoms with Crippen molar-refractivity contribution in [3.8, 4) is 0 Å². The lowest BCUT2D eigenvalue weighted by molar-refractivity contribution is -0.144. The summed E-state index contributed by atoms with van der Waals surface area (Å²) in [5.74, 6) is -0.721. The normalized spacial score (nSPS) is 13.1. The van der Waals surface area contributed by atoms with Gasteiger partial charge in [-0.05, 0) is 30.7 Å². The average Bonchev–Trinajstić information content (AvgIpc) is 2.15. The van der Waals surface area contributed by atoms with Gasteiger partial charge in [0.2, 0.25) is 0 Å². The standard InChI is InChI=1S/C13H18ClNO2/c1-9(2)12(13(16)17)15(3)8-10-5-4-6-11(14)7-10/h4-7,9,12H,8H2,1-3H3,(H,16,17). The van der Waals surface area contributed by atoms with Crippen LogP contribution in [0, 0.1) is 5.92 Å². The van der Waals surface area contributed by atoms with Crippen LogP contribution in [0.1, 0.15) is 19.4 Å². The van der Waals surface area contributed by atoms with Gasteiger partial charge in [0, 0.05) is 11.6 Å². The maximum atomic E-state index is 11.2. The highest BCUT2D eigenvalue weighted by Gasteiger charge is 2.25. The van der Waals surface area contributed by atoms with Crippen molar-refractivity contribution in [3.05, 3.63) is 34.9 Å². The van der Waals surface area contributed by atoms with Crippen LogP contribution in [0.3, 0.4) is 0 Å². The molecule has 0 heterocycles. The summed E-state index contributed by atoms with van der Waals surface area (Å²) < 4.78 is 0. The Morgan fingerprint density at radius 3 is 2.59 bits per heavy atom. The van der Waals surface area contributed by atoms with Gasteiger partial charge in [-0.3, -0.25) is 9.69 Å². The highest BCUT2D eigenvalue weighted by molar-refractivity contribution is 6.30. The quantitative estimate of drug-likeness (QED) is 0.880. The van der Waals surface area contributed by atoms with Crippen LogP contribution >= 0.6 is 11.6 Å². The first-order valence-corrected chi connectivity index (χ1v) is 5.97. The monoisotopic (exact) mass is 255 g/mol. The molecule has 1 atom stereocenters. The number of likely N-dealkylation sites (N-methyl/N-ethyl adjacent to an activating group) is 1. The van der Waals surface area contributed by atoms with Crippen molar-refractivity contribution in [2.75, 3.05) is 7.05 Å². The summed E-state index contributed by atoms with van der Waals surface area (Å²) in [6, 6.07) is 7.01. The van der Waals surface area contributed by atoms with Crippen molar-refractivity contribution < 1.29 is 9.90 Å². The third-order valence-corrected chi connectivity index (χ3v) is 2.92. The second kappa shape index (κ2) is 6.03. The van der Waals surface area contributed by atoms with Gasteiger partial charge in [-0.2, -0.15) is 0 Å². The molecule has 1 N–H and O–H groups in total. The van der Waals surface area contributed by atoms with Gasteiger partial charge in [-0.15, -0.1) is 0 Å². The second-order valence-corrected chi connectivity index (χ2v) is 5.01. The minimum Gasteiger partial charge on any atom is -0.480 e. The van der Waals surface area contributed by atoms with Crippen molar-refractivity contribution in [1.82, 2.24) is 4.90 Å². The van der Waals surface area contributed by atoms with E-state index in [-0.39, 0.29) is 5.92 Å². The summed E-state index contributed by atoms with van der Waals surface area (Å²) in [6.45, 7) is 4.40. The smallest absolute Gasteiger partial charge is 0.321 e. The molecular formula is C13H18ClNO2. The minimum atomic E-state index is -0.787. The van der Waals surface area contributed by atoms with Crippen LogP contribution in [0.5, 0.6) is 0 Å². The van der Waals surface area contributed by atoms with Gasteiger partial charge < -0.3 is 5.11 Å². The number of halogens is 1. The highest BCUT2D eigenvalue weighted by Crippen LogP contribution is 2.16. The lowest BCUT2D eigenvalue weighted by Crippen LogP contribution is -2.41. The Balaban J connectivity index is 2.76. The predicted octanol–water partition coefficient (Wildman–Crippen LogP) is 2.88. The minimum absolute atomic E-state index is 0.0664. The molecule has 0 spiro atoms. The maximum Gasteiger partial charge on any atom is 0.321 e. The van der Waals surface area contributed by atoms with E-state index in [4.69, 9.17) is 11.6 Å². The molecule has 4 heteroatoms. The Labute approximate surface area is 107 Å². The maximum absolute atomic E-state index is 11.2. The molecule has 0 aliphatic carbocycles. The summed E-state index contributed by atoms with van der Waals surface area (Å²) in [5.41, 5.74) is 1.02. The summed E-state index contributed by atoms with van der Waals surface area (Å²) in [7, 11) is 1.82. The fraction of sp³-hybridized carbons (Fsp3) is 0.462. The lowest BCUT2D eigenvalue weighted by atomic mass is 10.0. The van der Waals surface area contributed by atoms with Crippen LogP contribution in [0.4, 0.5) is 0 Å². The Hall–Kier alpha value is -1.06. The van der Waals surface area contributed by atoms with Crippen molar-refractivity contribution in [1.29, 1.82) is 0 Å². The molecule has 1 aromatic carbocycles. The van der Waals surface area contributed by atoms with E-state index in [1.807, 2.05) is 50.1 Å². The molecule has 1 rings (SSSR count). The Morgan fingerprint density at radius 2 is 2.12 bits per heavy atom. The number of benzene rings is 1. The zero-order valence-corrected chi connectivity index (χ0v) is 11.1. The summed E-state index contributed by atoms with van der Waals surface area (Å²) >= 11 is 5.90. The van der Waals surface area contributed by atoms with Crippen molar-refractivity contribution >= 4 is 17.6 Å². The molecule has 0 fully saturated rings. The van der Waals surface area contributed by atoms with Gasteiger partial charge in [-0.1, -0.05) is 37.6 Å². The van der Waals surface area contributed by atoms with Crippen molar-refractivity contribution in [2.24, 2.45) is 5.92 Å². The molecule has 1 aromatic rings. The third-order valence-electron chi connectivity index (χ3n) is 2.68. The van der Waals surface area contributed by atoms with E-state index < -0.39 is 12.0 Å². The number of rotatable bonds is 5. The first kappa shape index (κ1) is 14.0. The molecular weight excluding hydrogens is 238 g/mol. The zero-order valence-electron chi connectivity index (χ0n) is 10.4. The fourth-order valence-electron chi connectivity index (χ4n) is 2.00. The van der Waals surface area contributed by atoms with E-state index >= 15 is 0 Å². The van der Waals surface area contributed by atoms with Crippen molar-refractivity contribution in [2.45, 2.75) is 26.4 Å². The Bertz CT molecular complexity index is 393. The number of hydrogen-bond donors (Lipinski definition) is 1. The highest BCUT2D eigenvalue weighted by atomic mass is 35.5. The van der Waals surface area contributed by atoms with Crippen LogP contribution in [0.2, 0.25) is 5.02 Å². The summed E-state index contributed by atoms with van der Waals surface area (Å²) in [6.07, 6.45) is 0. The number of carbonyl (C=O) groups is 1. The van der Waals surface area contributed by atoms with Crippen LogP contribution in [-0.2, 0) is 11.3 Å². The van der Waals surface area contributed by atoms with Crippen LogP contribution in [0.25, 0.3) is 0 Å². The van der Waals surface area contributed by atoms with Gasteiger partial charge in [0.05, 0.1) is 0 Å². The van der Waals surface area contributed by atoms with E-state index in [1.165, 1.54) is 0 Å². The van der Waals surface area contributed by atoms with Gasteiger partial charge in [0.25, 0.3) is 0 Å². The first-order valence-electron chi connectivity index (χ1n) is 5.59. The SMILES string of the molecule is CC(C)C(C(=O)O)N(C)Cc1cccc(Cl)c1. The molecule has 94 valence electrons. The summed E-state index contributed by atoms with van der Waals surface area (Å²) in [4.78, 5) is 13.0. The lowest BCUT2D eigenvalue weighted by Gasteiger charge is -2.27. The second-order valence-electron chi connectivity index (χ2n) is 4.57. The molecule has 1 unspecified atom stereocenters. The zero-order chi connectivity index (χ0) is 13.0. The third kappa shape index (κ3) is 4.02. The van der Waals surface area contributed by atoms with Crippen LogP contribution < -0.4 is 0 Å². The van der Waals surface area contributed by atoms with Crippen molar-refractivity contribution in [3.63, 3.8) is 0 Å². The van der Waals surface area contributed by atoms with E-state index in [0.717, 1.165) is 5.56 Å². The molecule has 0 saturated heterocycles. The van der Waals surface area contributed by atoms with E-state index in [0.29, 0.717) is 11.6 Å². The molecule has 3 nitrogen and oxygen atoms in total. The Morgan fingerprint density at radius 1 is 1.47 bits per heavy atom. The molecule has 0 aromatic heterocycles. The topological polar surface area (TPSA) is 40.5 Å². The van der Waals surface area contributed by atoms with E-state index in [2.05, 4.69) is 0 Å². The van der Waals surface area contributed by atoms with Gasteiger partial charge in [-0.25, -0.2) is 0 Å². The molecule has 0 saturated carbocycles. The summed E-state index contributed by atoms with van der Waals surface area (Å²) in [5, 5.41) is 9.85. The Kier molecular flexibility index (Phi) is 4.97. The largest absolute Gasteiger partial charge is 0.480 e. The van der Waals surface area contributed by atoms with Crippen LogP contribution in [0.15, 0.2) is 24.3 Å². The molecule has 0 radical (unpaired) electrons. The van der Waals surface area contributed by atoms with Gasteiger partial charge >= 0.3 is 5.97 Å². The molecule has 0 amide bonds.